The van der Waals surface area contributed by atoms with Crippen LogP contribution in [0.5, 0.6) is 0 Å². The summed E-state index contributed by atoms with van der Waals surface area (Å²) in [6.07, 6.45) is 5.87. The first-order chi connectivity index (χ1) is 18.7. The maximum atomic E-state index is 14.1. The SMILES string of the molecule is CC.CCOCC/C(=C\C/C=C(\CC)CO)c1cc(C)sc1S(=O)(=O)N(COCCOC)c1noc(C)c1C. The number of rotatable bonds is 17. The van der Waals surface area contributed by atoms with E-state index in [9.17, 15) is 13.5 Å². The number of anilines is 1. The third-order valence-corrected chi connectivity index (χ3v) is 9.12. The second-order valence-corrected chi connectivity index (χ2v) is 11.7. The molecule has 0 fully saturated rings. The molecule has 0 saturated heterocycles. The van der Waals surface area contributed by atoms with Gasteiger partial charge in [0.25, 0.3) is 10.0 Å². The van der Waals surface area contributed by atoms with Crippen LogP contribution >= 0.6 is 11.3 Å². The summed E-state index contributed by atoms with van der Waals surface area (Å²) in [5.74, 6) is 0.736. The molecule has 0 spiro atoms. The lowest BCUT2D eigenvalue weighted by atomic mass is 10.0. The van der Waals surface area contributed by atoms with E-state index in [1.807, 2.05) is 52.8 Å². The monoisotopic (exact) mass is 586 g/mol. The number of methoxy groups -OCH3 is 1. The average Bonchev–Trinajstić information content (AvgIpc) is 3.49. The zero-order valence-corrected chi connectivity index (χ0v) is 26.3. The first-order valence-electron chi connectivity index (χ1n) is 13.4. The quantitative estimate of drug-likeness (QED) is 0.136. The summed E-state index contributed by atoms with van der Waals surface area (Å²) < 4.78 is 51.2. The molecular weight excluding hydrogens is 540 g/mol. The van der Waals surface area contributed by atoms with Gasteiger partial charge in [-0.25, -0.2) is 12.7 Å². The highest BCUT2D eigenvalue weighted by atomic mass is 32.2. The number of aryl methyl sites for hydroxylation is 2. The zero-order valence-electron chi connectivity index (χ0n) is 24.7. The standard InChI is InChI=1S/C26H40N2O7S2.C2H6/c1-7-22(17-29)10-9-11-23(12-13-33-8-2)24-16-19(3)36-26(24)37(30,31)28(18-34-15-14-32-6)25-20(4)21(5)35-27-25;1-2/h10-11,16,29H,7-9,12-15,17-18H2,1-6H3;1-2H3/b22-10+,23-11+;. The van der Waals surface area contributed by atoms with Crippen LogP contribution in [0.3, 0.4) is 0 Å². The Kier molecular flexibility index (Phi) is 16.5. The maximum absolute atomic E-state index is 14.1. The van der Waals surface area contributed by atoms with E-state index in [1.165, 1.54) is 11.3 Å². The third kappa shape index (κ3) is 10.1. The predicted molar refractivity (Wildman–Crippen MR) is 158 cm³/mol. The van der Waals surface area contributed by atoms with Crippen LogP contribution < -0.4 is 4.31 Å². The summed E-state index contributed by atoms with van der Waals surface area (Å²) in [7, 11) is -2.51. The van der Waals surface area contributed by atoms with E-state index >= 15 is 0 Å². The molecule has 0 saturated carbocycles. The van der Waals surface area contributed by atoms with Crippen molar-refractivity contribution < 1.29 is 32.3 Å². The van der Waals surface area contributed by atoms with Gasteiger partial charge in [0.2, 0.25) is 0 Å². The van der Waals surface area contributed by atoms with Crippen LogP contribution in [0.25, 0.3) is 5.57 Å². The van der Waals surface area contributed by atoms with Crippen molar-refractivity contribution in [2.45, 2.75) is 71.9 Å². The van der Waals surface area contributed by atoms with Crippen molar-refractivity contribution >= 4 is 32.8 Å². The summed E-state index contributed by atoms with van der Waals surface area (Å²) in [5, 5.41) is 13.5. The second-order valence-electron chi connectivity index (χ2n) is 8.42. The third-order valence-electron chi connectivity index (χ3n) is 5.85. The van der Waals surface area contributed by atoms with Crippen LogP contribution in [0, 0.1) is 20.8 Å². The Balaban J connectivity index is 0.00000371. The number of hydrogen-bond acceptors (Lipinski definition) is 9. The van der Waals surface area contributed by atoms with E-state index < -0.39 is 10.0 Å². The topological polar surface area (TPSA) is 111 Å². The molecule has 0 radical (unpaired) electrons. The number of aliphatic hydroxyl groups excluding tert-OH is 1. The fourth-order valence-electron chi connectivity index (χ4n) is 3.54. The van der Waals surface area contributed by atoms with Gasteiger partial charge in [-0.05, 0) is 64.2 Å². The fourth-order valence-corrected chi connectivity index (χ4v) is 6.68. The molecule has 0 aromatic carbocycles. The molecule has 9 nitrogen and oxygen atoms in total. The van der Waals surface area contributed by atoms with E-state index in [4.69, 9.17) is 18.7 Å². The maximum Gasteiger partial charge on any atom is 0.277 e. The van der Waals surface area contributed by atoms with Crippen molar-refractivity contribution in [3.05, 3.63) is 45.6 Å². The van der Waals surface area contributed by atoms with Crippen molar-refractivity contribution in [1.82, 2.24) is 5.16 Å². The van der Waals surface area contributed by atoms with Crippen molar-refractivity contribution in [2.75, 3.05) is 51.2 Å². The molecule has 2 aromatic rings. The number of aliphatic hydroxyl groups is 1. The molecular formula is C28H46N2O7S2. The van der Waals surface area contributed by atoms with E-state index in [0.29, 0.717) is 49.5 Å². The van der Waals surface area contributed by atoms with Gasteiger partial charge in [-0.1, -0.05) is 38.1 Å². The van der Waals surface area contributed by atoms with Crippen molar-refractivity contribution in [2.24, 2.45) is 0 Å². The smallest absolute Gasteiger partial charge is 0.277 e. The van der Waals surface area contributed by atoms with Crippen LogP contribution in [0.2, 0.25) is 0 Å². The Labute approximate surface area is 238 Å². The summed E-state index contributed by atoms with van der Waals surface area (Å²) in [6.45, 7) is 14.7. The molecule has 0 bridgehead atoms. The van der Waals surface area contributed by atoms with Crippen LogP contribution in [0.4, 0.5) is 5.82 Å². The Morgan fingerprint density at radius 3 is 2.41 bits per heavy atom. The van der Waals surface area contributed by atoms with Crippen molar-refractivity contribution in [3.8, 4) is 0 Å². The fraction of sp³-hybridized carbons (Fsp3) is 0.607. The lowest BCUT2D eigenvalue weighted by Crippen LogP contribution is -2.34. The molecule has 0 aliphatic heterocycles. The van der Waals surface area contributed by atoms with Crippen LogP contribution in [-0.4, -0.2) is 65.6 Å². The minimum Gasteiger partial charge on any atom is -0.392 e. The molecule has 11 heteroatoms. The Morgan fingerprint density at radius 2 is 1.85 bits per heavy atom. The van der Waals surface area contributed by atoms with Gasteiger partial charge in [0, 0.05) is 29.7 Å². The van der Waals surface area contributed by atoms with Crippen molar-refractivity contribution in [1.29, 1.82) is 0 Å². The Hall–Kier alpha value is -2.02. The molecule has 0 amide bonds. The minimum atomic E-state index is -4.06. The first-order valence-corrected chi connectivity index (χ1v) is 15.6. The molecule has 2 rings (SSSR count). The number of nitrogens with zero attached hydrogens (tertiary/aromatic N) is 2. The highest BCUT2D eigenvalue weighted by Gasteiger charge is 2.34. The first kappa shape index (κ1) is 35.0. The van der Waals surface area contributed by atoms with Gasteiger partial charge in [-0.15, -0.1) is 11.3 Å². The number of sulfonamides is 1. The average molecular weight is 587 g/mol. The van der Waals surface area contributed by atoms with Gasteiger partial charge >= 0.3 is 0 Å². The van der Waals surface area contributed by atoms with Crippen molar-refractivity contribution in [3.63, 3.8) is 0 Å². The number of thiophene rings is 1. The van der Waals surface area contributed by atoms with Gasteiger partial charge in [-0.2, -0.15) is 0 Å². The molecule has 1 N–H and O–H groups in total. The van der Waals surface area contributed by atoms with Crippen LogP contribution in [0.1, 0.15) is 68.7 Å². The van der Waals surface area contributed by atoms with E-state index in [2.05, 4.69) is 5.16 Å². The van der Waals surface area contributed by atoms with Gasteiger partial charge in [0.1, 0.15) is 16.7 Å². The Morgan fingerprint density at radius 1 is 1.13 bits per heavy atom. The normalized spacial score (nSPS) is 12.4. The molecule has 0 atom stereocenters. The summed E-state index contributed by atoms with van der Waals surface area (Å²) in [5.41, 5.74) is 3.07. The van der Waals surface area contributed by atoms with Crippen LogP contribution in [0.15, 0.2) is 32.5 Å². The number of allylic oxidation sites excluding steroid dienone is 2. The number of ether oxygens (including phenoxy) is 3. The highest BCUT2D eigenvalue weighted by molar-refractivity contribution is 7.94. The van der Waals surface area contributed by atoms with Gasteiger partial charge in [-0.3, -0.25) is 0 Å². The second kappa shape index (κ2) is 18.4. The molecule has 0 aliphatic carbocycles. The largest absolute Gasteiger partial charge is 0.392 e. The molecule has 0 aliphatic rings. The van der Waals surface area contributed by atoms with E-state index in [0.717, 1.165) is 26.7 Å². The molecule has 2 aromatic heterocycles. The molecule has 39 heavy (non-hydrogen) atoms. The predicted octanol–water partition coefficient (Wildman–Crippen LogP) is 6.03. The van der Waals surface area contributed by atoms with Gasteiger partial charge in [0.15, 0.2) is 5.82 Å². The number of hydrogen-bond donors (Lipinski definition) is 1. The molecule has 0 unspecified atom stereocenters. The lowest BCUT2D eigenvalue weighted by molar-refractivity contribution is 0.0753. The summed E-state index contributed by atoms with van der Waals surface area (Å²) in [6, 6.07) is 1.90. The number of aromatic nitrogens is 1. The lowest BCUT2D eigenvalue weighted by Gasteiger charge is -2.22. The summed E-state index contributed by atoms with van der Waals surface area (Å²) >= 11 is 1.21. The molecule has 222 valence electrons. The van der Waals surface area contributed by atoms with E-state index in [1.54, 1.807) is 21.0 Å². The van der Waals surface area contributed by atoms with E-state index in [-0.39, 0.29) is 30.0 Å². The van der Waals surface area contributed by atoms with Crippen LogP contribution in [-0.2, 0) is 24.2 Å². The zero-order chi connectivity index (χ0) is 29.4. The van der Waals surface area contributed by atoms with Gasteiger partial charge < -0.3 is 23.8 Å². The van der Waals surface area contributed by atoms with Gasteiger partial charge in [0.05, 0.1) is 26.4 Å². The highest BCUT2D eigenvalue weighted by Crippen LogP contribution is 2.38. The molecule has 2 heterocycles. The Bertz CT molecular complexity index is 1140. The minimum absolute atomic E-state index is 0.00427. The summed E-state index contributed by atoms with van der Waals surface area (Å²) in [4.78, 5) is 0.865.